The van der Waals surface area contributed by atoms with Crippen molar-refractivity contribution in [3.63, 3.8) is 0 Å². The van der Waals surface area contributed by atoms with Gasteiger partial charge in [-0.25, -0.2) is 4.79 Å². The monoisotopic (exact) mass is 364 g/mol. The number of ether oxygens (including phenoxy) is 2. The van der Waals surface area contributed by atoms with Crippen LogP contribution >= 0.6 is 11.6 Å². The molecule has 0 unspecified atom stereocenters. The van der Waals surface area contributed by atoms with Crippen molar-refractivity contribution in [2.45, 2.75) is 40.7 Å². The van der Waals surface area contributed by atoms with Gasteiger partial charge in [0, 0.05) is 12.1 Å². The number of benzene rings is 1. The summed E-state index contributed by atoms with van der Waals surface area (Å²) in [5.74, 6) is 0.747. The molecule has 0 aliphatic rings. The number of carbonyl (C=O) groups excluding carboxylic acids is 1. The Labute approximate surface area is 153 Å². The first-order valence-corrected chi connectivity index (χ1v) is 8.91. The lowest BCUT2D eigenvalue weighted by Crippen LogP contribution is -2.07. The number of hydrogen-bond donors (Lipinski definition) is 0. The zero-order valence-corrected chi connectivity index (χ0v) is 16.2. The number of aryl methyl sites for hydroxylation is 1. The van der Waals surface area contributed by atoms with E-state index in [-0.39, 0.29) is 17.3 Å². The van der Waals surface area contributed by atoms with Gasteiger partial charge in [-0.15, -0.1) is 0 Å². The standard InChI is InChI=1S/C19H25ClN2O3/c1-6-22-18(16(20)17(21-22)19(23)25-7-2)14-9-8-13(10-12(3)4)11-15(14)24-5/h8-9,11-12H,6-7,10H2,1-5H3. The van der Waals surface area contributed by atoms with Crippen LogP contribution < -0.4 is 4.74 Å². The van der Waals surface area contributed by atoms with Crippen LogP contribution in [0.3, 0.4) is 0 Å². The summed E-state index contributed by atoms with van der Waals surface area (Å²) in [4.78, 5) is 12.1. The fourth-order valence-corrected chi connectivity index (χ4v) is 3.10. The number of halogens is 1. The van der Waals surface area contributed by atoms with E-state index >= 15 is 0 Å². The zero-order valence-electron chi connectivity index (χ0n) is 15.4. The van der Waals surface area contributed by atoms with E-state index in [1.807, 2.05) is 19.1 Å². The quantitative estimate of drug-likeness (QED) is 0.673. The van der Waals surface area contributed by atoms with Gasteiger partial charge in [0.1, 0.15) is 10.8 Å². The highest BCUT2D eigenvalue weighted by atomic mass is 35.5. The predicted octanol–water partition coefficient (Wildman–Crippen LogP) is 4.61. The number of hydrogen-bond acceptors (Lipinski definition) is 4. The Morgan fingerprint density at radius 2 is 2.04 bits per heavy atom. The van der Waals surface area contributed by atoms with Crippen molar-refractivity contribution >= 4 is 17.6 Å². The third-order valence-electron chi connectivity index (χ3n) is 3.83. The molecule has 6 heteroatoms. The number of rotatable bonds is 7. The summed E-state index contributed by atoms with van der Waals surface area (Å²) in [7, 11) is 1.63. The van der Waals surface area contributed by atoms with Crippen LogP contribution in [-0.2, 0) is 17.7 Å². The first-order chi connectivity index (χ1) is 11.9. The molecule has 25 heavy (non-hydrogen) atoms. The fraction of sp³-hybridized carbons (Fsp3) is 0.474. The van der Waals surface area contributed by atoms with Crippen molar-refractivity contribution in [1.82, 2.24) is 9.78 Å². The minimum absolute atomic E-state index is 0.133. The van der Waals surface area contributed by atoms with Crippen LogP contribution in [-0.4, -0.2) is 29.5 Å². The molecule has 0 bridgehead atoms. The first-order valence-electron chi connectivity index (χ1n) is 8.53. The SMILES string of the molecule is CCOC(=O)c1nn(CC)c(-c2ccc(CC(C)C)cc2OC)c1Cl. The Morgan fingerprint density at radius 3 is 2.60 bits per heavy atom. The predicted molar refractivity (Wildman–Crippen MR) is 99.4 cm³/mol. The van der Waals surface area contributed by atoms with E-state index in [4.69, 9.17) is 21.1 Å². The van der Waals surface area contributed by atoms with Crippen LogP contribution in [0, 0.1) is 5.92 Å². The Balaban J connectivity index is 2.55. The van der Waals surface area contributed by atoms with Gasteiger partial charge in [-0.3, -0.25) is 4.68 Å². The average Bonchev–Trinajstić information content (AvgIpc) is 2.91. The minimum atomic E-state index is -0.517. The van der Waals surface area contributed by atoms with E-state index in [9.17, 15) is 4.79 Å². The molecule has 5 nitrogen and oxygen atoms in total. The Morgan fingerprint density at radius 1 is 1.32 bits per heavy atom. The average molecular weight is 365 g/mol. The highest BCUT2D eigenvalue weighted by Crippen LogP contribution is 2.37. The van der Waals surface area contributed by atoms with E-state index < -0.39 is 5.97 Å². The van der Waals surface area contributed by atoms with Crippen molar-refractivity contribution < 1.29 is 14.3 Å². The molecule has 1 aromatic carbocycles. The van der Waals surface area contributed by atoms with Crippen LogP contribution in [0.5, 0.6) is 5.75 Å². The lowest BCUT2D eigenvalue weighted by Gasteiger charge is -2.13. The smallest absolute Gasteiger partial charge is 0.360 e. The van der Waals surface area contributed by atoms with E-state index in [1.165, 1.54) is 5.56 Å². The van der Waals surface area contributed by atoms with Crippen molar-refractivity contribution in [3.8, 4) is 17.0 Å². The summed E-state index contributed by atoms with van der Waals surface area (Å²) in [6.07, 6.45) is 0.964. The van der Waals surface area contributed by atoms with Gasteiger partial charge in [0.25, 0.3) is 0 Å². The maximum absolute atomic E-state index is 12.1. The molecular formula is C19H25ClN2O3. The summed E-state index contributed by atoms with van der Waals surface area (Å²) in [5.41, 5.74) is 2.80. The van der Waals surface area contributed by atoms with E-state index in [1.54, 1.807) is 18.7 Å². The van der Waals surface area contributed by atoms with Gasteiger partial charge in [-0.1, -0.05) is 31.5 Å². The van der Waals surface area contributed by atoms with Gasteiger partial charge in [0.15, 0.2) is 5.69 Å². The summed E-state index contributed by atoms with van der Waals surface area (Å²) in [6, 6.07) is 6.05. The number of esters is 1. The number of nitrogens with zero attached hydrogens (tertiary/aromatic N) is 2. The lowest BCUT2D eigenvalue weighted by atomic mass is 10.00. The summed E-state index contributed by atoms with van der Waals surface area (Å²) >= 11 is 6.49. The molecule has 2 aromatic rings. The van der Waals surface area contributed by atoms with Gasteiger partial charge >= 0.3 is 5.97 Å². The highest BCUT2D eigenvalue weighted by Gasteiger charge is 2.25. The molecule has 1 aromatic heterocycles. The number of aromatic nitrogens is 2. The fourth-order valence-electron chi connectivity index (χ4n) is 2.79. The second kappa shape index (κ2) is 8.39. The first kappa shape index (κ1) is 19.3. The normalized spacial score (nSPS) is 11.0. The maximum Gasteiger partial charge on any atom is 0.360 e. The molecule has 0 aliphatic heterocycles. The van der Waals surface area contributed by atoms with Gasteiger partial charge in [-0.05, 0) is 43.9 Å². The van der Waals surface area contributed by atoms with Crippen LogP contribution in [0.4, 0.5) is 0 Å². The van der Waals surface area contributed by atoms with Crippen molar-refractivity contribution in [3.05, 3.63) is 34.5 Å². The van der Waals surface area contributed by atoms with Crippen molar-refractivity contribution in [1.29, 1.82) is 0 Å². The molecule has 136 valence electrons. The molecule has 0 fully saturated rings. The molecule has 2 rings (SSSR count). The van der Waals surface area contributed by atoms with E-state index in [0.717, 1.165) is 12.0 Å². The lowest BCUT2D eigenvalue weighted by molar-refractivity contribution is 0.0518. The Bertz CT molecular complexity index is 753. The second-order valence-electron chi connectivity index (χ2n) is 6.18. The van der Waals surface area contributed by atoms with E-state index in [2.05, 4.69) is 25.0 Å². The largest absolute Gasteiger partial charge is 0.496 e. The van der Waals surface area contributed by atoms with Crippen LogP contribution in [0.25, 0.3) is 11.3 Å². The topological polar surface area (TPSA) is 53.3 Å². The number of carbonyl (C=O) groups is 1. The van der Waals surface area contributed by atoms with Gasteiger partial charge in [0.05, 0.1) is 19.4 Å². The molecule has 1 heterocycles. The molecular weight excluding hydrogens is 340 g/mol. The molecule has 0 amide bonds. The van der Waals surface area contributed by atoms with Crippen molar-refractivity contribution in [2.24, 2.45) is 5.92 Å². The summed E-state index contributed by atoms with van der Waals surface area (Å²) in [6.45, 7) is 8.90. The summed E-state index contributed by atoms with van der Waals surface area (Å²) < 4.78 is 12.3. The summed E-state index contributed by atoms with van der Waals surface area (Å²) in [5, 5.41) is 4.61. The molecule has 0 radical (unpaired) electrons. The molecule has 0 N–H and O–H groups in total. The zero-order chi connectivity index (χ0) is 18.6. The Hall–Kier alpha value is -2.01. The molecule has 0 aliphatic carbocycles. The third kappa shape index (κ3) is 4.15. The molecule has 0 spiro atoms. The number of methoxy groups -OCH3 is 1. The maximum atomic E-state index is 12.1. The molecule has 0 saturated carbocycles. The van der Waals surface area contributed by atoms with Gasteiger partial charge in [-0.2, -0.15) is 5.10 Å². The molecule has 0 saturated heterocycles. The second-order valence-corrected chi connectivity index (χ2v) is 6.56. The Kier molecular flexibility index (Phi) is 6.48. The highest BCUT2D eigenvalue weighted by molar-refractivity contribution is 6.36. The van der Waals surface area contributed by atoms with E-state index in [0.29, 0.717) is 23.9 Å². The van der Waals surface area contributed by atoms with Gasteiger partial charge in [0.2, 0.25) is 0 Å². The van der Waals surface area contributed by atoms with Gasteiger partial charge < -0.3 is 9.47 Å². The van der Waals surface area contributed by atoms with Crippen LogP contribution in [0.2, 0.25) is 5.02 Å². The van der Waals surface area contributed by atoms with Crippen LogP contribution in [0.1, 0.15) is 43.7 Å². The van der Waals surface area contributed by atoms with Crippen molar-refractivity contribution in [2.75, 3.05) is 13.7 Å². The molecule has 0 atom stereocenters. The third-order valence-corrected chi connectivity index (χ3v) is 4.19. The van der Waals surface area contributed by atoms with Crippen LogP contribution in [0.15, 0.2) is 18.2 Å². The minimum Gasteiger partial charge on any atom is -0.496 e.